The molecule has 0 bridgehead atoms. The van der Waals surface area contributed by atoms with Gasteiger partial charge in [-0.3, -0.25) is 0 Å². The lowest BCUT2D eigenvalue weighted by Gasteiger charge is -2.34. The second-order valence-corrected chi connectivity index (χ2v) is 7.83. The molecular weight excluding hydrogens is 355 g/mol. The molecule has 0 amide bonds. The minimum absolute atomic E-state index is 0.110. The number of ether oxygens (including phenoxy) is 2. The summed E-state index contributed by atoms with van der Waals surface area (Å²) in [6, 6.07) is 27.4. The smallest absolute Gasteiger partial charge is 0.260 e. The molecule has 0 radical (unpaired) electrons. The highest BCUT2D eigenvalue weighted by Gasteiger charge is 2.40. The van der Waals surface area contributed by atoms with Crippen LogP contribution in [0.5, 0.6) is 23.0 Å². The van der Waals surface area contributed by atoms with E-state index in [9.17, 15) is 0 Å². The molecule has 0 saturated heterocycles. The number of hydrogen-bond acceptors (Lipinski definition) is 2. The molecule has 4 aromatic rings. The van der Waals surface area contributed by atoms with E-state index >= 15 is 0 Å². The minimum atomic E-state index is 0.110. The third-order valence-corrected chi connectivity index (χ3v) is 6.09. The molecule has 0 unspecified atom stereocenters. The first-order valence-electron chi connectivity index (χ1n) is 9.99. The molecule has 6 rings (SSSR count). The Balaban J connectivity index is 1.69. The third kappa shape index (κ3) is 2.31. The molecule has 2 aliphatic heterocycles. The van der Waals surface area contributed by atoms with Crippen LogP contribution < -0.4 is 25.9 Å². The summed E-state index contributed by atoms with van der Waals surface area (Å²) in [5, 5.41) is 0. The van der Waals surface area contributed by atoms with Crippen LogP contribution in [0.25, 0.3) is 11.1 Å². The average Bonchev–Trinajstić information content (AvgIpc) is 2.74. The van der Waals surface area contributed by atoms with Crippen LogP contribution in [-0.2, 0) is 0 Å². The molecule has 0 aliphatic carbocycles. The maximum atomic E-state index is 6.55. The number of para-hydroxylation sites is 2. The first-order chi connectivity index (χ1) is 14.2. The van der Waals surface area contributed by atoms with Crippen LogP contribution in [0, 0.1) is 13.8 Å². The standard InChI is InChI=1S/C26H19BO2/c1-16-8-7-9-17(2)24(16)18-14-15-23-25-26(18)29-22-13-6-4-11-20(22)27(25)19-10-3-5-12-21(19)28-23/h3-15H,1-2H3. The van der Waals surface area contributed by atoms with E-state index in [0.29, 0.717) is 0 Å². The topological polar surface area (TPSA) is 18.5 Å². The van der Waals surface area contributed by atoms with Crippen molar-refractivity contribution < 1.29 is 9.47 Å². The van der Waals surface area contributed by atoms with Crippen LogP contribution >= 0.6 is 0 Å². The molecule has 0 N–H and O–H groups in total. The maximum absolute atomic E-state index is 6.55. The van der Waals surface area contributed by atoms with Gasteiger partial charge in [0.05, 0.1) is 0 Å². The molecule has 0 aromatic heterocycles. The molecule has 29 heavy (non-hydrogen) atoms. The van der Waals surface area contributed by atoms with E-state index in [1.807, 2.05) is 12.1 Å². The molecule has 0 atom stereocenters. The molecule has 0 saturated carbocycles. The van der Waals surface area contributed by atoms with E-state index in [0.717, 1.165) is 34.0 Å². The monoisotopic (exact) mass is 374 g/mol. The summed E-state index contributed by atoms with van der Waals surface area (Å²) < 4.78 is 12.9. The summed E-state index contributed by atoms with van der Waals surface area (Å²) in [6.07, 6.45) is 0. The summed E-state index contributed by atoms with van der Waals surface area (Å²) in [5.74, 6) is 3.64. The summed E-state index contributed by atoms with van der Waals surface area (Å²) in [6.45, 7) is 4.43. The molecular formula is C26H19BO2. The quantitative estimate of drug-likeness (QED) is 0.389. The zero-order valence-corrected chi connectivity index (χ0v) is 16.4. The van der Waals surface area contributed by atoms with Crippen molar-refractivity contribution in [1.29, 1.82) is 0 Å². The SMILES string of the molecule is Cc1cccc(C)c1-c1ccc2c3c1Oc1ccccc1B3c1ccccc1O2. The van der Waals surface area contributed by atoms with E-state index < -0.39 is 0 Å². The fourth-order valence-electron chi connectivity index (χ4n) is 4.82. The lowest BCUT2D eigenvalue weighted by molar-refractivity contribution is 0.465. The van der Waals surface area contributed by atoms with Gasteiger partial charge in [-0.2, -0.15) is 0 Å². The van der Waals surface area contributed by atoms with Crippen LogP contribution in [-0.4, -0.2) is 6.71 Å². The first kappa shape index (κ1) is 16.5. The van der Waals surface area contributed by atoms with E-state index in [4.69, 9.17) is 9.47 Å². The molecule has 2 nitrogen and oxygen atoms in total. The van der Waals surface area contributed by atoms with Gasteiger partial charge in [-0.15, -0.1) is 0 Å². The Kier molecular flexibility index (Phi) is 3.42. The molecule has 4 aromatic carbocycles. The molecule has 0 spiro atoms. The summed E-state index contributed by atoms with van der Waals surface area (Å²) >= 11 is 0. The normalized spacial score (nSPS) is 13.0. The predicted molar refractivity (Wildman–Crippen MR) is 119 cm³/mol. The second-order valence-electron chi connectivity index (χ2n) is 7.83. The highest BCUT2D eigenvalue weighted by molar-refractivity contribution is 6.98. The van der Waals surface area contributed by atoms with Crippen molar-refractivity contribution in [3.63, 3.8) is 0 Å². The minimum Gasteiger partial charge on any atom is -0.458 e. The Morgan fingerprint density at radius 2 is 1.21 bits per heavy atom. The van der Waals surface area contributed by atoms with Gasteiger partial charge in [0.25, 0.3) is 6.71 Å². The molecule has 2 aliphatic rings. The first-order valence-corrected chi connectivity index (χ1v) is 9.99. The number of hydrogen-bond donors (Lipinski definition) is 0. The highest BCUT2D eigenvalue weighted by atomic mass is 16.5. The summed E-state index contributed by atoms with van der Waals surface area (Å²) in [5.41, 5.74) is 8.37. The van der Waals surface area contributed by atoms with Crippen LogP contribution in [0.15, 0.2) is 78.9 Å². The van der Waals surface area contributed by atoms with Crippen LogP contribution in [0.2, 0.25) is 0 Å². The van der Waals surface area contributed by atoms with Crippen molar-refractivity contribution in [2.45, 2.75) is 13.8 Å². The van der Waals surface area contributed by atoms with Gasteiger partial charge in [-0.1, -0.05) is 54.6 Å². The molecule has 2 heterocycles. The number of benzene rings is 4. The number of rotatable bonds is 1. The fraction of sp³-hybridized carbons (Fsp3) is 0.0769. The van der Waals surface area contributed by atoms with Gasteiger partial charge in [-0.05, 0) is 65.7 Å². The van der Waals surface area contributed by atoms with Crippen molar-refractivity contribution in [2.75, 3.05) is 0 Å². The highest BCUT2D eigenvalue weighted by Crippen LogP contribution is 2.42. The van der Waals surface area contributed by atoms with E-state index in [2.05, 4.69) is 80.6 Å². The fourth-order valence-corrected chi connectivity index (χ4v) is 4.82. The van der Waals surface area contributed by atoms with E-state index in [1.165, 1.54) is 27.6 Å². The Hall–Kier alpha value is -3.46. The van der Waals surface area contributed by atoms with Crippen molar-refractivity contribution in [1.82, 2.24) is 0 Å². The zero-order chi connectivity index (χ0) is 19.5. The Labute approximate surface area is 170 Å². The van der Waals surface area contributed by atoms with Crippen molar-refractivity contribution >= 4 is 23.1 Å². The van der Waals surface area contributed by atoms with Crippen LogP contribution in [0.3, 0.4) is 0 Å². The van der Waals surface area contributed by atoms with Crippen molar-refractivity contribution in [3.8, 4) is 34.1 Å². The van der Waals surface area contributed by atoms with Crippen LogP contribution in [0.4, 0.5) is 0 Å². The third-order valence-electron chi connectivity index (χ3n) is 6.09. The lowest BCUT2D eigenvalue weighted by atomic mass is 9.34. The molecule has 3 heteroatoms. The van der Waals surface area contributed by atoms with Gasteiger partial charge in [0, 0.05) is 11.0 Å². The number of aryl methyl sites for hydroxylation is 2. The molecule has 138 valence electrons. The van der Waals surface area contributed by atoms with Gasteiger partial charge in [-0.25, -0.2) is 0 Å². The lowest BCUT2D eigenvalue weighted by Crippen LogP contribution is -2.57. The predicted octanol–water partition coefficient (Wildman–Crippen LogP) is 4.70. The second kappa shape index (κ2) is 6.02. The van der Waals surface area contributed by atoms with Crippen LogP contribution in [0.1, 0.15) is 11.1 Å². The average molecular weight is 374 g/mol. The maximum Gasteiger partial charge on any atom is 0.260 e. The van der Waals surface area contributed by atoms with Gasteiger partial charge in [0.1, 0.15) is 23.0 Å². The Morgan fingerprint density at radius 1 is 0.586 bits per heavy atom. The van der Waals surface area contributed by atoms with Gasteiger partial charge in [0.2, 0.25) is 0 Å². The van der Waals surface area contributed by atoms with Gasteiger partial charge in [0.15, 0.2) is 0 Å². The summed E-state index contributed by atoms with van der Waals surface area (Å²) in [4.78, 5) is 0. The largest absolute Gasteiger partial charge is 0.458 e. The van der Waals surface area contributed by atoms with E-state index in [1.54, 1.807) is 0 Å². The summed E-state index contributed by atoms with van der Waals surface area (Å²) in [7, 11) is 0. The van der Waals surface area contributed by atoms with Gasteiger partial charge < -0.3 is 9.47 Å². The van der Waals surface area contributed by atoms with Crippen molar-refractivity contribution in [3.05, 3.63) is 90.0 Å². The molecule has 0 fully saturated rings. The van der Waals surface area contributed by atoms with Crippen molar-refractivity contribution in [2.24, 2.45) is 0 Å². The Bertz CT molecular complexity index is 1260. The number of fused-ring (bicyclic) bond motifs is 4. The van der Waals surface area contributed by atoms with Gasteiger partial charge >= 0.3 is 0 Å². The van der Waals surface area contributed by atoms with E-state index in [-0.39, 0.29) is 6.71 Å². The Morgan fingerprint density at radius 3 is 1.90 bits per heavy atom. The zero-order valence-electron chi connectivity index (χ0n) is 16.4.